The molecule has 4 nitrogen and oxygen atoms in total. The molecule has 110 valence electrons. The zero-order chi connectivity index (χ0) is 14.7. The lowest BCUT2D eigenvalue weighted by Gasteiger charge is -2.17. The van der Waals surface area contributed by atoms with Crippen LogP contribution in [0.3, 0.4) is 0 Å². The Morgan fingerprint density at radius 2 is 2.29 bits per heavy atom. The second-order valence-corrected chi connectivity index (χ2v) is 5.55. The number of rotatable bonds is 5. The fraction of sp³-hybridized carbons (Fsp3) is 0.412. The summed E-state index contributed by atoms with van der Waals surface area (Å²) in [6.07, 6.45) is 6.18. The maximum absolute atomic E-state index is 12.5. The molecular formula is C17H21N3O. The molecule has 0 spiro atoms. The topological polar surface area (TPSA) is 46.9 Å². The first kappa shape index (κ1) is 14.0. The van der Waals surface area contributed by atoms with Crippen molar-refractivity contribution in [2.24, 2.45) is 0 Å². The van der Waals surface area contributed by atoms with Crippen molar-refractivity contribution < 1.29 is 4.79 Å². The van der Waals surface area contributed by atoms with Gasteiger partial charge in [0.05, 0.1) is 6.42 Å². The molecule has 0 fully saturated rings. The van der Waals surface area contributed by atoms with Crippen LogP contribution in [0.25, 0.3) is 0 Å². The number of benzene rings is 1. The molecule has 1 N–H and O–H groups in total. The highest BCUT2D eigenvalue weighted by Gasteiger charge is 2.14. The molecule has 1 aliphatic heterocycles. The van der Waals surface area contributed by atoms with Crippen molar-refractivity contribution in [1.82, 2.24) is 14.9 Å². The lowest BCUT2D eigenvalue weighted by Crippen LogP contribution is -2.24. The Hall–Kier alpha value is -1.94. The summed E-state index contributed by atoms with van der Waals surface area (Å²) in [6, 6.07) is 6.10. The summed E-state index contributed by atoms with van der Waals surface area (Å²) in [5.74, 6) is 1.00. The molecule has 0 radical (unpaired) electrons. The molecule has 21 heavy (non-hydrogen) atoms. The van der Waals surface area contributed by atoms with Crippen LogP contribution in [0.5, 0.6) is 0 Å². The number of Topliss-reactive ketones (excluding diaryl/α,β-unsaturated/α-hetero) is 1. The SMILES string of the molecule is CCCn1ccnc1CC(=O)c1ccc2c(c1)CNCC2. The van der Waals surface area contributed by atoms with Crippen LogP contribution >= 0.6 is 0 Å². The van der Waals surface area contributed by atoms with E-state index >= 15 is 0 Å². The van der Waals surface area contributed by atoms with E-state index in [1.165, 1.54) is 11.1 Å². The Bertz CT molecular complexity index is 645. The quantitative estimate of drug-likeness (QED) is 0.857. The Morgan fingerprint density at radius 1 is 1.38 bits per heavy atom. The number of hydrogen-bond donors (Lipinski definition) is 1. The van der Waals surface area contributed by atoms with Gasteiger partial charge < -0.3 is 9.88 Å². The highest BCUT2D eigenvalue weighted by molar-refractivity contribution is 5.97. The molecule has 2 aromatic rings. The Balaban J connectivity index is 1.77. The second-order valence-electron chi connectivity index (χ2n) is 5.55. The van der Waals surface area contributed by atoms with E-state index in [2.05, 4.69) is 27.9 Å². The number of nitrogens with zero attached hydrogens (tertiary/aromatic N) is 2. The molecule has 2 heterocycles. The van der Waals surface area contributed by atoms with Gasteiger partial charge in [0.2, 0.25) is 0 Å². The van der Waals surface area contributed by atoms with Crippen molar-refractivity contribution in [3.63, 3.8) is 0 Å². The van der Waals surface area contributed by atoms with E-state index in [1.807, 2.05) is 18.3 Å². The summed E-state index contributed by atoms with van der Waals surface area (Å²) in [5, 5.41) is 3.35. The summed E-state index contributed by atoms with van der Waals surface area (Å²) in [6.45, 7) is 4.93. The van der Waals surface area contributed by atoms with Crippen molar-refractivity contribution in [1.29, 1.82) is 0 Å². The molecule has 0 unspecified atom stereocenters. The van der Waals surface area contributed by atoms with Gasteiger partial charge in [-0.05, 0) is 36.6 Å². The van der Waals surface area contributed by atoms with Gasteiger partial charge in [-0.1, -0.05) is 19.1 Å². The van der Waals surface area contributed by atoms with Crippen molar-refractivity contribution in [2.45, 2.75) is 39.3 Å². The molecule has 1 aliphatic rings. The molecule has 0 aliphatic carbocycles. The van der Waals surface area contributed by atoms with Gasteiger partial charge in [-0.3, -0.25) is 4.79 Å². The number of ketones is 1. The number of imidazole rings is 1. The summed E-state index contributed by atoms with van der Waals surface area (Å²) in [4.78, 5) is 16.8. The average Bonchev–Trinajstić information content (AvgIpc) is 2.94. The average molecular weight is 283 g/mol. The van der Waals surface area contributed by atoms with Gasteiger partial charge in [-0.2, -0.15) is 0 Å². The van der Waals surface area contributed by atoms with Crippen LogP contribution < -0.4 is 5.32 Å². The fourth-order valence-electron chi connectivity index (χ4n) is 2.85. The van der Waals surface area contributed by atoms with Crippen LogP contribution in [0.4, 0.5) is 0 Å². The predicted molar refractivity (Wildman–Crippen MR) is 82.4 cm³/mol. The minimum absolute atomic E-state index is 0.145. The van der Waals surface area contributed by atoms with Gasteiger partial charge in [-0.25, -0.2) is 4.98 Å². The molecule has 1 aromatic carbocycles. The molecule has 0 bridgehead atoms. The monoisotopic (exact) mass is 283 g/mol. The summed E-state index contributed by atoms with van der Waals surface area (Å²) in [5.41, 5.74) is 3.41. The number of aryl methyl sites for hydroxylation is 1. The Kier molecular flexibility index (Phi) is 4.15. The van der Waals surface area contributed by atoms with Crippen molar-refractivity contribution >= 4 is 5.78 Å². The van der Waals surface area contributed by atoms with E-state index in [0.717, 1.165) is 43.9 Å². The number of fused-ring (bicyclic) bond motifs is 1. The van der Waals surface area contributed by atoms with Crippen molar-refractivity contribution in [3.8, 4) is 0 Å². The number of carbonyl (C=O) groups excluding carboxylic acids is 1. The van der Waals surface area contributed by atoms with Gasteiger partial charge in [0.15, 0.2) is 5.78 Å². The van der Waals surface area contributed by atoms with E-state index in [4.69, 9.17) is 0 Å². The lowest BCUT2D eigenvalue weighted by molar-refractivity contribution is 0.0989. The summed E-state index contributed by atoms with van der Waals surface area (Å²) in [7, 11) is 0. The first-order valence-corrected chi connectivity index (χ1v) is 7.63. The Morgan fingerprint density at radius 3 is 3.14 bits per heavy atom. The van der Waals surface area contributed by atoms with Gasteiger partial charge in [0, 0.05) is 31.0 Å². The third-order valence-electron chi connectivity index (χ3n) is 4.00. The van der Waals surface area contributed by atoms with Crippen molar-refractivity contribution in [3.05, 3.63) is 53.1 Å². The third-order valence-corrected chi connectivity index (χ3v) is 4.00. The zero-order valence-electron chi connectivity index (χ0n) is 12.4. The van der Waals surface area contributed by atoms with Gasteiger partial charge in [0.25, 0.3) is 0 Å². The van der Waals surface area contributed by atoms with E-state index in [1.54, 1.807) is 6.20 Å². The minimum Gasteiger partial charge on any atom is -0.335 e. The number of aromatic nitrogens is 2. The maximum atomic E-state index is 12.5. The molecule has 4 heteroatoms. The highest BCUT2D eigenvalue weighted by atomic mass is 16.1. The smallest absolute Gasteiger partial charge is 0.170 e. The summed E-state index contributed by atoms with van der Waals surface area (Å²) < 4.78 is 2.07. The van der Waals surface area contributed by atoms with Gasteiger partial charge in [-0.15, -0.1) is 0 Å². The molecule has 0 saturated heterocycles. The Labute approximate surface area is 125 Å². The van der Waals surface area contributed by atoms with Crippen LogP contribution in [-0.4, -0.2) is 21.9 Å². The minimum atomic E-state index is 0.145. The lowest BCUT2D eigenvalue weighted by atomic mass is 9.96. The third kappa shape index (κ3) is 3.05. The molecule has 0 saturated carbocycles. The second kappa shape index (κ2) is 6.22. The zero-order valence-corrected chi connectivity index (χ0v) is 12.4. The molecule has 3 rings (SSSR count). The van der Waals surface area contributed by atoms with E-state index in [0.29, 0.717) is 6.42 Å². The van der Waals surface area contributed by atoms with Gasteiger partial charge >= 0.3 is 0 Å². The first-order valence-electron chi connectivity index (χ1n) is 7.63. The maximum Gasteiger partial charge on any atom is 0.170 e. The van der Waals surface area contributed by atoms with E-state index in [9.17, 15) is 4.79 Å². The van der Waals surface area contributed by atoms with Crippen LogP contribution in [0.15, 0.2) is 30.6 Å². The largest absolute Gasteiger partial charge is 0.335 e. The predicted octanol–water partition coefficient (Wildman–Crippen LogP) is 2.36. The molecular weight excluding hydrogens is 262 g/mol. The van der Waals surface area contributed by atoms with Crippen LogP contribution in [0.2, 0.25) is 0 Å². The van der Waals surface area contributed by atoms with E-state index in [-0.39, 0.29) is 5.78 Å². The summed E-state index contributed by atoms with van der Waals surface area (Å²) >= 11 is 0. The van der Waals surface area contributed by atoms with Crippen LogP contribution in [0.1, 0.15) is 40.7 Å². The van der Waals surface area contributed by atoms with E-state index < -0.39 is 0 Å². The number of carbonyl (C=O) groups is 1. The number of nitrogens with one attached hydrogen (secondary N) is 1. The standard InChI is InChI=1S/C17H21N3O/c1-2-8-20-9-7-19-17(20)11-16(21)14-4-3-13-5-6-18-12-15(13)10-14/h3-4,7,9-10,18H,2,5-6,8,11-12H2,1H3. The fourth-order valence-corrected chi connectivity index (χ4v) is 2.85. The van der Waals surface area contributed by atoms with Crippen LogP contribution in [0, 0.1) is 0 Å². The first-order chi connectivity index (χ1) is 10.3. The van der Waals surface area contributed by atoms with Gasteiger partial charge in [0.1, 0.15) is 5.82 Å². The number of hydrogen-bond acceptors (Lipinski definition) is 3. The molecule has 0 amide bonds. The normalized spacial score (nSPS) is 14.0. The molecule has 1 aromatic heterocycles. The molecule has 0 atom stereocenters. The highest BCUT2D eigenvalue weighted by Crippen LogP contribution is 2.17. The van der Waals surface area contributed by atoms with Crippen LogP contribution in [-0.2, 0) is 25.9 Å². The van der Waals surface area contributed by atoms with Crippen molar-refractivity contribution in [2.75, 3.05) is 6.54 Å².